The Morgan fingerprint density at radius 1 is 1.03 bits per heavy atom. The van der Waals surface area contributed by atoms with Gasteiger partial charge < -0.3 is 10.2 Å². The van der Waals surface area contributed by atoms with E-state index in [0.717, 1.165) is 53.4 Å². The number of hydrogen-bond acceptors (Lipinski definition) is 6. The minimum Gasteiger partial charge on any atom is -0.354 e. The number of piperidine rings is 1. The second-order valence-corrected chi connectivity index (χ2v) is 7.75. The predicted octanol–water partition coefficient (Wildman–Crippen LogP) is 3.37. The molecule has 1 fully saturated rings. The number of aromatic nitrogens is 5. The van der Waals surface area contributed by atoms with Crippen molar-refractivity contribution in [3.05, 3.63) is 66.9 Å². The van der Waals surface area contributed by atoms with Crippen LogP contribution in [-0.2, 0) is 4.79 Å². The van der Waals surface area contributed by atoms with E-state index in [4.69, 9.17) is 0 Å². The van der Waals surface area contributed by atoms with E-state index in [9.17, 15) is 4.79 Å². The average Bonchev–Trinajstić information content (AvgIpc) is 3.25. The van der Waals surface area contributed by atoms with E-state index in [1.165, 1.54) is 0 Å². The maximum absolute atomic E-state index is 13.0. The van der Waals surface area contributed by atoms with Gasteiger partial charge in [-0.25, -0.2) is 4.98 Å². The molecule has 1 saturated heterocycles. The summed E-state index contributed by atoms with van der Waals surface area (Å²) < 4.78 is 1.89. The molecule has 0 saturated carbocycles. The molecule has 31 heavy (non-hydrogen) atoms. The van der Waals surface area contributed by atoms with Crippen molar-refractivity contribution >= 4 is 28.3 Å². The third-order valence-corrected chi connectivity index (χ3v) is 5.72. The van der Waals surface area contributed by atoms with Crippen molar-refractivity contribution in [1.29, 1.82) is 0 Å². The first-order valence-corrected chi connectivity index (χ1v) is 10.4. The minimum atomic E-state index is -0.120. The van der Waals surface area contributed by atoms with Gasteiger partial charge in [0.05, 0.1) is 17.1 Å². The van der Waals surface area contributed by atoms with Crippen LogP contribution in [0.1, 0.15) is 18.7 Å². The van der Waals surface area contributed by atoms with Crippen molar-refractivity contribution in [2.45, 2.75) is 19.8 Å². The smallest absolute Gasteiger partial charge is 0.229 e. The second kappa shape index (κ2) is 8.14. The van der Waals surface area contributed by atoms with E-state index < -0.39 is 0 Å². The van der Waals surface area contributed by atoms with E-state index in [1.54, 1.807) is 12.4 Å². The van der Waals surface area contributed by atoms with Crippen molar-refractivity contribution in [3.63, 3.8) is 0 Å². The maximum Gasteiger partial charge on any atom is 0.229 e. The number of carbonyl (C=O) groups excluding carboxylic acids is 1. The van der Waals surface area contributed by atoms with Crippen LogP contribution in [0.5, 0.6) is 0 Å². The van der Waals surface area contributed by atoms with Gasteiger partial charge in [0.1, 0.15) is 5.82 Å². The van der Waals surface area contributed by atoms with Crippen molar-refractivity contribution in [2.75, 3.05) is 23.3 Å². The number of rotatable bonds is 4. The predicted molar refractivity (Wildman–Crippen MR) is 119 cm³/mol. The highest BCUT2D eigenvalue weighted by Gasteiger charge is 2.27. The number of carbonyl (C=O) groups is 1. The number of para-hydroxylation sites is 1. The van der Waals surface area contributed by atoms with Gasteiger partial charge in [-0.1, -0.05) is 18.2 Å². The molecule has 1 atom stereocenters. The quantitative estimate of drug-likeness (QED) is 0.552. The summed E-state index contributed by atoms with van der Waals surface area (Å²) in [5, 5.41) is 12.8. The number of imidazole rings is 1. The molecule has 0 radical (unpaired) electrons. The van der Waals surface area contributed by atoms with E-state index in [1.807, 2.05) is 60.2 Å². The van der Waals surface area contributed by atoms with Gasteiger partial charge in [0.2, 0.25) is 5.91 Å². The van der Waals surface area contributed by atoms with E-state index >= 15 is 0 Å². The molecule has 1 aliphatic rings. The normalized spacial score (nSPS) is 16.4. The Balaban J connectivity index is 1.30. The number of nitrogens with one attached hydrogen (secondary N) is 1. The lowest BCUT2D eigenvalue weighted by Crippen LogP contribution is -2.41. The van der Waals surface area contributed by atoms with Gasteiger partial charge in [0, 0.05) is 37.1 Å². The number of amides is 1. The van der Waals surface area contributed by atoms with Gasteiger partial charge in [-0.05, 0) is 44.0 Å². The molecule has 1 N–H and O–H groups in total. The van der Waals surface area contributed by atoms with Gasteiger partial charge >= 0.3 is 0 Å². The minimum absolute atomic E-state index is 0.0153. The lowest BCUT2D eigenvalue weighted by molar-refractivity contribution is -0.120. The molecular formula is C23H23N7O. The number of anilines is 2. The number of pyridine rings is 1. The fourth-order valence-corrected chi connectivity index (χ4v) is 4.07. The molecule has 1 aliphatic heterocycles. The molecule has 1 aromatic carbocycles. The third-order valence-electron chi connectivity index (χ3n) is 5.72. The van der Waals surface area contributed by atoms with E-state index in [-0.39, 0.29) is 11.8 Å². The summed E-state index contributed by atoms with van der Waals surface area (Å²) in [7, 11) is 0. The summed E-state index contributed by atoms with van der Waals surface area (Å²) in [5.74, 6) is 2.27. The molecule has 4 heterocycles. The third kappa shape index (κ3) is 3.84. The Kier molecular flexibility index (Phi) is 5.03. The fourth-order valence-electron chi connectivity index (χ4n) is 4.07. The molecule has 156 valence electrons. The summed E-state index contributed by atoms with van der Waals surface area (Å²) in [6, 6.07) is 13.6. The number of benzene rings is 1. The molecule has 8 heteroatoms. The number of fused-ring (bicyclic) bond motifs is 1. The highest BCUT2D eigenvalue weighted by atomic mass is 16.1. The summed E-state index contributed by atoms with van der Waals surface area (Å²) in [6.45, 7) is 3.40. The Hall–Kier alpha value is -3.81. The first-order chi connectivity index (χ1) is 15.2. The monoisotopic (exact) mass is 413 g/mol. The number of hydrogen-bond donors (Lipinski definition) is 1. The van der Waals surface area contributed by atoms with Crippen molar-refractivity contribution in [3.8, 4) is 5.82 Å². The Bertz CT molecular complexity index is 1210. The number of nitrogens with zero attached hydrogens (tertiary/aromatic N) is 6. The molecular weight excluding hydrogens is 390 g/mol. The molecule has 0 spiro atoms. The SMILES string of the molecule is Cc1nccn1-c1ccc(N2CCCC(C(=O)Nc3cccc4cccnc34)C2)nn1. The highest BCUT2D eigenvalue weighted by Crippen LogP contribution is 2.25. The lowest BCUT2D eigenvalue weighted by Gasteiger charge is -2.32. The summed E-state index contributed by atoms with van der Waals surface area (Å²) in [6.07, 6.45) is 7.12. The van der Waals surface area contributed by atoms with Crippen LogP contribution in [0, 0.1) is 12.8 Å². The second-order valence-electron chi connectivity index (χ2n) is 7.75. The highest BCUT2D eigenvalue weighted by molar-refractivity contribution is 6.01. The number of aryl methyl sites for hydroxylation is 1. The standard InChI is InChI=1S/C23H23N7O/c1-16-24-12-14-30(16)21-10-9-20(27-28-21)29-13-4-7-18(15-29)23(31)26-19-8-2-5-17-6-3-11-25-22(17)19/h2-3,5-6,8-12,14,18H,4,7,13,15H2,1H3,(H,26,31). The van der Waals surface area contributed by atoms with Crippen LogP contribution < -0.4 is 10.2 Å². The first-order valence-electron chi connectivity index (χ1n) is 10.4. The molecule has 4 aromatic rings. The van der Waals surface area contributed by atoms with Crippen LogP contribution in [-0.4, -0.2) is 43.7 Å². The van der Waals surface area contributed by atoms with Crippen LogP contribution in [0.4, 0.5) is 11.5 Å². The van der Waals surface area contributed by atoms with E-state index in [2.05, 4.69) is 30.4 Å². The Labute approximate surface area is 180 Å². The first kappa shape index (κ1) is 19.2. The molecule has 3 aromatic heterocycles. The van der Waals surface area contributed by atoms with Gasteiger partial charge in [-0.3, -0.25) is 14.3 Å². The van der Waals surface area contributed by atoms with Gasteiger partial charge in [0.25, 0.3) is 0 Å². The maximum atomic E-state index is 13.0. The summed E-state index contributed by atoms with van der Waals surface area (Å²) in [5.41, 5.74) is 1.56. The van der Waals surface area contributed by atoms with Crippen molar-refractivity contribution in [1.82, 2.24) is 24.7 Å². The molecule has 0 aliphatic carbocycles. The summed E-state index contributed by atoms with van der Waals surface area (Å²) in [4.78, 5) is 23.8. The zero-order valence-corrected chi connectivity index (χ0v) is 17.3. The van der Waals surface area contributed by atoms with Gasteiger partial charge in [-0.2, -0.15) is 0 Å². The summed E-state index contributed by atoms with van der Waals surface area (Å²) >= 11 is 0. The average molecular weight is 413 g/mol. The lowest BCUT2D eigenvalue weighted by atomic mass is 9.97. The fraction of sp³-hybridized carbons (Fsp3) is 0.261. The van der Waals surface area contributed by atoms with Crippen LogP contribution in [0.15, 0.2) is 61.1 Å². The Morgan fingerprint density at radius 2 is 1.87 bits per heavy atom. The zero-order chi connectivity index (χ0) is 21.2. The largest absolute Gasteiger partial charge is 0.354 e. The van der Waals surface area contributed by atoms with Crippen LogP contribution >= 0.6 is 0 Å². The van der Waals surface area contributed by atoms with Crippen molar-refractivity contribution in [2.24, 2.45) is 5.92 Å². The molecule has 0 bridgehead atoms. The Morgan fingerprint density at radius 3 is 2.68 bits per heavy atom. The topological polar surface area (TPSA) is 88.8 Å². The van der Waals surface area contributed by atoms with Crippen LogP contribution in [0.2, 0.25) is 0 Å². The zero-order valence-electron chi connectivity index (χ0n) is 17.3. The van der Waals surface area contributed by atoms with Crippen LogP contribution in [0.3, 0.4) is 0 Å². The molecule has 1 amide bonds. The van der Waals surface area contributed by atoms with Crippen LogP contribution in [0.25, 0.3) is 16.7 Å². The van der Waals surface area contributed by atoms with Crippen molar-refractivity contribution < 1.29 is 4.79 Å². The van der Waals surface area contributed by atoms with Gasteiger partial charge in [-0.15, -0.1) is 10.2 Å². The molecule has 5 rings (SSSR count). The van der Waals surface area contributed by atoms with E-state index in [0.29, 0.717) is 6.54 Å². The molecule has 8 nitrogen and oxygen atoms in total. The van der Waals surface area contributed by atoms with Gasteiger partial charge in [0.15, 0.2) is 11.6 Å². The molecule has 1 unspecified atom stereocenters.